The summed E-state index contributed by atoms with van der Waals surface area (Å²) in [5.74, 6) is -0.0143. The van der Waals surface area contributed by atoms with Crippen molar-refractivity contribution < 1.29 is 19.7 Å². The molecule has 0 amide bonds. The van der Waals surface area contributed by atoms with Crippen LogP contribution in [0.2, 0.25) is 0 Å². The van der Waals surface area contributed by atoms with E-state index >= 15 is 0 Å². The fourth-order valence-corrected chi connectivity index (χ4v) is 2.67. The molecule has 0 aromatic carbocycles. The number of anilines is 1. The zero-order chi connectivity index (χ0) is 15.1. The summed E-state index contributed by atoms with van der Waals surface area (Å²) in [6.45, 7) is -0.337. The van der Waals surface area contributed by atoms with Gasteiger partial charge >= 0.3 is 0 Å². The summed E-state index contributed by atoms with van der Waals surface area (Å²) in [5.41, 5.74) is 6.33. The zero-order valence-electron chi connectivity index (χ0n) is 11.2. The maximum absolute atomic E-state index is 11.8. The second-order valence-corrected chi connectivity index (χ2v) is 4.89. The molecule has 1 unspecified atom stereocenters. The highest BCUT2D eigenvalue weighted by Crippen LogP contribution is 2.37. The zero-order valence-corrected chi connectivity index (χ0v) is 11.2. The second-order valence-electron chi connectivity index (χ2n) is 4.89. The standard InChI is InChI=1S/C12H16N4O5/c1-20-10-8(18)5(3-17)21-9(10)4-2-14-7-6(4)15-12(13)16-11(7)19/h2,5,8-10,14,17-18H,3H2,1H3,(H3,13,15,16,19)/t5-,8?,9+,10-/m1/s1. The molecule has 1 fully saturated rings. The Morgan fingerprint density at radius 2 is 2.33 bits per heavy atom. The number of nitrogen functional groups attached to an aromatic ring is 1. The molecule has 9 heteroatoms. The minimum absolute atomic E-state index is 0.0143. The first-order chi connectivity index (χ1) is 10.1. The first-order valence-electron chi connectivity index (χ1n) is 6.40. The molecule has 21 heavy (non-hydrogen) atoms. The lowest BCUT2D eigenvalue weighted by Gasteiger charge is -2.17. The number of hydrogen-bond donors (Lipinski definition) is 5. The van der Waals surface area contributed by atoms with E-state index in [0.29, 0.717) is 11.1 Å². The molecule has 4 atom stereocenters. The number of ether oxygens (including phenoxy) is 2. The molecule has 2 aromatic rings. The Hall–Kier alpha value is -1.94. The van der Waals surface area contributed by atoms with Crippen LogP contribution in [0.25, 0.3) is 11.0 Å². The van der Waals surface area contributed by atoms with E-state index in [-0.39, 0.29) is 18.1 Å². The van der Waals surface area contributed by atoms with E-state index in [0.717, 1.165) is 0 Å². The number of rotatable bonds is 3. The van der Waals surface area contributed by atoms with Crippen molar-refractivity contribution in [2.75, 3.05) is 19.5 Å². The number of nitrogens with two attached hydrogens (primary N) is 1. The maximum atomic E-state index is 11.8. The van der Waals surface area contributed by atoms with Crippen LogP contribution in [0.3, 0.4) is 0 Å². The van der Waals surface area contributed by atoms with Crippen LogP contribution >= 0.6 is 0 Å². The molecule has 0 spiro atoms. The van der Waals surface area contributed by atoms with Crippen LogP contribution in [0.5, 0.6) is 0 Å². The van der Waals surface area contributed by atoms with Gasteiger partial charge in [0.15, 0.2) is 0 Å². The fraction of sp³-hybridized carbons (Fsp3) is 0.500. The summed E-state index contributed by atoms with van der Waals surface area (Å²) in [7, 11) is 1.44. The monoisotopic (exact) mass is 296 g/mol. The summed E-state index contributed by atoms with van der Waals surface area (Å²) in [6, 6.07) is 0. The Morgan fingerprint density at radius 1 is 1.57 bits per heavy atom. The normalized spacial score (nSPS) is 29.3. The van der Waals surface area contributed by atoms with E-state index in [1.807, 2.05) is 0 Å². The second kappa shape index (κ2) is 5.11. The minimum Gasteiger partial charge on any atom is -0.394 e. The van der Waals surface area contributed by atoms with E-state index < -0.39 is 30.0 Å². The van der Waals surface area contributed by atoms with Crippen molar-refractivity contribution in [3.63, 3.8) is 0 Å². The lowest BCUT2D eigenvalue weighted by atomic mass is 10.0. The molecule has 114 valence electrons. The SMILES string of the molecule is CO[C@@H]1C(O)[C@@H](CO)O[C@H]1c1c[nH]c2c(=O)[nH]c(N)nc12. The van der Waals surface area contributed by atoms with E-state index in [2.05, 4.69) is 15.0 Å². The maximum Gasteiger partial charge on any atom is 0.276 e. The van der Waals surface area contributed by atoms with Crippen LogP contribution in [0, 0.1) is 0 Å². The smallest absolute Gasteiger partial charge is 0.276 e. The number of fused-ring (bicyclic) bond motifs is 1. The predicted octanol–water partition coefficient (Wildman–Crippen LogP) is -1.36. The third-order valence-electron chi connectivity index (χ3n) is 3.68. The quantitative estimate of drug-likeness (QED) is 0.470. The number of nitrogens with one attached hydrogen (secondary N) is 2. The van der Waals surface area contributed by atoms with Crippen LogP contribution < -0.4 is 11.3 Å². The predicted molar refractivity (Wildman–Crippen MR) is 72.6 cm³/mol. The number of nitrogens with zero attached hydrogens (tertiary/aromatic N) is 1. The molecule has 0 saturated carbocycles. The van der Waals surface area contributed by atoms with Crippen LogP contribution in [-0.2, 0) is 9.47 Å². The number of aliphatic hydroxyl groups excluding tert-OH is 2. The van der Waals surface area contributed by atoms with Crippen LogP contribution in [0.4, 0.5) is 5.95 Å². The van der Waals surface area contributed by atoms with Crippen molar-refractivity contribution in [3.05, 3.63) is 22.1 Å². The molecule has 6 N–H and O–H groups in total. The number of methoxy groups -OCH3 is 1. The number of aliphatic hydroxyl groups is 2. The van der Waals surface area contributed by atoms with Gasteiger partial charge in [0, 0.05) is 18.9 Å². The first kappa shape index (κ1) is 14.0. The topological polar surface area (TPSA) is 146 Å². The molecule has 0 bridgehead atoms. The summed E-state index contributed by atoms with van der Waals surface area (Å²) < 4.78 is 10.9. The summed E-state index contributed by atoms with van der Waals surface area (Å²) >= 11 is 0. The van der Waals surface area contributed by atoms with Crippen molar-refractivity contribution in [1.82, 2.24) is 15.0 Å². The van der Waals surface area contributed by atoms with Gasteiger partial charge in [-0.1, -0.05) is 0 Å². The molecular weight excluding hydrogens is 280 g/mol. The van der Waals surface area contributed by atoms with E-state index in [1.54, 1.807) is 6.20 Å². The number of H-pyrrole nitrogens is 2. The van der Waals surface area contributed by atoms with E-state index in [4.69, 9.17) is 15.2 Å². The summed E-state index contributed by atoms with van der Waals surface area (Å²) in [6.07, 6.45) is -1.51. The van der Waals surface area contributed by atoms with Crippen molar-refractivity contribution in [1.29, 1.82) is 0 Å². The third kappa shape index (κ3) is 2.10. The minimum atomic E-state index is -0.978. The average Bonchev–Trinajstić information content (AvgIpc) is 2.99. The third-order valence-corrected chi connectivity index (χ3v) is 3.68. The Bertz CT molecular complexity index is 711. The molecule has 1 saturated heterocycles. The number of aromatic nitrogens is 3. The van der Waals surface area contributed by atoms with Crippen LogP contribution in [0.1, 0.15) is 11.7 Å². The molecule has 9 nitrogen and oxygen atoms in total. The first-order valence-corrected chi connectivity index (χ1v) is 6.40. The van der Waals surface area contributed by atoms with Gasteiger partial charge in [-0.2, -0.15) is 0 Å². The van der Waals surface area contributed by atoms with Gasteiger partial charge in [0.05, 0.1) is 6.61 Å². The number of hydrogen-bond acceptors (Lipinski definition) is 7. The van der Waals surface area contributed by atoms with Crippen molar-refractivity contribution in [3.8, 4) is 0 Å². The van der Waals surface area contributed by atoms with E-state index in [9.17, 15) is 15.0 Å². The van der Waals surface area contributed by atoms with Gasteiger partial charge < -0.3 is 30.4 Å². The van der Waals surface area contributed by atoms with Gasteiger partial charge in [-0.15, -0.1) is 0 Å². The van der Waals surface area contributed by atoms with Crippen molar-refractivity contribution in [2.45, 2.75) is 24.4 Å². The van der Waals surface area contributed by atoms with Gasteiger partial charge in [0.2, 0.25) is 5.95 Å². The number of aromatic amines is 2. The Kier molecular flexibility index (Phi) is 3.41. The molecule has 0 aliphatic carbocycles. The van der Waals surface area contributed by atoms with Gasteiger partial charge in [0.1, 0.15) is 35.4 Å². The largest absolute Gasteiger partial charge is 0.394 e. The molecule has 0 radical (unpaired) electrons. The highest BCUT2D eigenvalue weighted by molar-refractivity contribution is 5.79. The summed E-state index contributed by atoms with van der Waals surface area (Å²) in [5, 5.41) is 19.3. The summed E-state index contributed by atoms with van der Waals surface area (Å²) in [4.78, 5) is 21.1. The Morgan fingerprint density at radius 3 is 3.00 bits per heavy atom. The highest BCUT2D eigenvalue weighted by atomic mass is 16.6. The van der Waals surface area contributed by atoms with Gasteiger partial charge in [-0.3, -0.25) is 9.78 Å². The highest BCUT2D eigenvalue weighted by Gasteiger charge is 2.45. The molecule has 1 aliphatic rings. The lowest BCUT2D eigenvalue weighted by Crippen LogP contribution is -2.33. The lowest BCUT2D eigenvalue weighted by molar-refractivity contribution is -0.0229. The molecular formula is C12H16N4O5. The molecule has 2 aromatic heterocycles. The van der Waals surface area contributed by atoms with E-state index in [1.165, 1.54) is 7.11 Å². The molecule has 3 rings (SSSR count). The van der Waals surface area contributed by atoms with Crippen molar-refractivity contribution in [2.24, 2.45) is 0 Å². The fourth-order valence-electron chi connectivity index (χ4n) is 2.67. The molecule has 1 aliphatic heterocycles. The Balaban J connectivity index is 2.10. The van der Waals surface area contributed by atoms with Crippen LogP contribution in [-0.4, -0.2) is 57.2 Å². The Labute approximate surface area is 118 Å². The van der Waals surface area contributed by atoms with Gasteiger partial charge in [-0.25, -0.2) is 4.98 Å². The average molecular weight is 296 g/mol. The van der Waals surface area contributed by atoms with Crippen LogP contribution in [0.15, 0.2) is 11.0 Å². The van der Waals surface area contributed by atoms with Gasteiger partial charge in [-0.05, 0) is 0 Å². The van der Waals surface area contributed by atoms with Gasteiger partial charge in [0.25, 0.3) is 5.56 Å². The molecule has 3 heterocycles. The van der Waals surface area contributed by atoms with Crippen molar-refractivity contribution >= 4 is 17.0 Å².